The molecule has 0 unspecified atom stereocenters. The Bertz CT molecular complexity index is 3000. The van der Waals surface area contributed by atoms with Gasteiger partial charge in [0, 0.05) is 33.5 Å². The maximum atomic E-state index is 9.51. The molecule has 236 valence electrons. The van der Waals surface area contributed by atoms with Crippen molar-refractivity contribution in [3.8, 4) is 39.1 Å². The van der Waals surface area contributed by atoms with Crippen LogP contribution in [0.15, 0.2) is 206 Å². The summed E-state index contributed by atoms with van der Waals surface area (Å²) >= 11 is 0. The van der Waals surface area contributed by atoms with Crippen LogP contribution in [0, 0.1) is 0 Å². The molecule has 0 amide bonds. The van der Waals surface area contributed by atoms with Gasteiger partial charge in [-0.1, -0.05) is 139 Å². The second-order valence-electron chi connectivity index (χ2n) is 11.8. The SMILES string of the molecule is [2H]c1c([2H])c(N(c2ccc(-c3ccccc3)cc2)c2ccc(-c3ccccc3)cc2)c([2H])c([2H])c1-c1cc2c3c([2H])c([2H])c([2H])c([2H])c3n(-c3ccccc3)c2c([2H])c1[2H]. The molecule has 0 N–H and O–H groups in total. The highest BCUT2D eigenvalue weighted by molar-refractivity contribution is 6.10. The second kappa shape index (κ2) is 12.8. The molecule has 0 atom stereocenters. The number of hydrogen-bond donors (Lipinski definition) is 0. The lowest BCUT2D eigenvalue weighted by Gasteiger charge is -2.26. The van der Waals surface area contributed by atoms with Gasteiger partial charge < -0.3 is 9.47 Å². The van der Waals surface area contributed by atoms with Gasteiger partial charge in [0.05, 0.1) is 24.7 Å². The highest BCUT2D eigenvalue weighted by Crippen LogP contribution is 2.39. The van der Waals surface area contributed by atoms with E-state index in [1.807, 2.05) is 109 Å². The van der Waals surface area contributed by atoms with Gasteiger partial charge in [0.2, 0.25) is 0 Å². The van der Waals surface area contributed by atoms with Crippen molar-refractivity contribution in [1.29, 1.82) is 0 Å². The van der Waals surface area contributed by atoms with Crippen LogP contribution in [0.25, 0.3) is 60.9 Å². The molecule has 0 aliphatic carbocycles. The summed E-state index contributed by atoms with van der Waals surface area (Å²) in [5.74, 6) is 0. The summed E-state index contributed by atoms with van der Waals surface area (Å²) in [5.41, 5.74) is 5.63. The van der Waals surface area contributed by atoms with Crippen molar-refractivity contribution in [2.75, 3.05) is 4.90 Å². The summed E-state index contributed by atoms with van der Waals surface area (Å²) in [6, 6.07) is 41.4. The molecule has 0 saturated heterocycles. The fraction of sp³-hybridized carbons (Fsp3) is 0. The molecule has 2 heteroatoms. The van der Waals surface area contributed by atoms with Gasteiger partial charge in [-0.3, -0.25) is 0 Å². The number of fused-ring (bicyclic) bond motifs is 3. The molecule has 0 fully saturated rings. The van der Waals surface area contributed by atoms with Crippen LogP contribution in [0.3, 0.4) is 0 Å². The molecule has 0 spiro atoms. The Morgan fingerprint density at radius 3 is 1.42 bits per heavy atom. The zero-order valence-electron chi connectivity index (χ0n) is 36.8. The van der Waals surface area contributed by atoms with Gasteiger partial charge in [0.1, 0.15) is 0 Å². The molecule has 0 bridgehead atoms. The predicted molar refractivity (Wildman–Crippen MR) is 212 cm³/mol. The normalized spacial score (nSPS) is 14.0. The lowest BCUT2D eigenvalue weighted by atomic mass is 10.0. The van der Waals surface area contributed by atoms with Crippen LogP contribution in [0.1, 0.15) is 13.7 Å². The van der Waals surface area contributed by atoms with Gasteiger partial charge in [-0.15, -0.1) is 0 Å². The number of aromatic nitrogens is 1. The molecular weight excluding hydrogens is 605 g/mol. The van der Waals surface area contributed by atoms with Crippen molar-refractivity contribution in [3.05, 3.63) is 206 Å². The molecule has 0 aliphatic heterocycles. The van der Waals surface area contributed by atoms with E-state index in [2.05, 4.69) is 0 Å². The Morgan fingerprint density at radius 2 is 0.840 bits per heavy atom. The summed E-state index contributed by atoms with van der Waals surface area (Å²) in [7, 11) is 0. The van der Waals surface area contributed by atoms with Crippen LogP contribution in [0.4, 0.5) is 17.1 Å². The van der Waals surface area contributed by atoms with E-state index in [0.717, 1.165) is 22.3 Å². The van der Waals surface area contributed by atoms with Crippen molar-refractivity contribution >= 4 is 38.9 Å². The first-order valence-electron chi connectivity index (χ1n) is 21.3. The number of benzene rings is 8. The van der Waals surface area contributed by atoms with E-state index in [0.29, 0.717) is 17.1 Å². The van der Waals surface area contributed by atoms with E-state index in [4.69, 9.17) is 5.48 Å². The highest BCUT2D eigenvalue weighted by Gasteiger charge is 2.16. The van der Waals surface area contributed by atoms with Gasteiger partial charge in [-0.05, 0) is 100 Å². The zero-order chi connectivity index (χ0) is 42.0. The molecule has 0 radical (unpaired) electrons. The molecule has 0 saturated carbocycles. The Hall–Kier alpha value is -6.64. The van der Waals surface area contributed by atoms with Gasteiger partial charge in [0.15, 0.2) is 0 Å². The largest absolute Gasteiger partial charge is 0.311 e. The number of anilines is 3. The van der Waals surface area contributed by atoms with Crippen LogP contribution < -0.4 is 4.90 Å². The van der Waals surface area contributed by atoms with Crippen LogP contribution >= 0.6 is 0 Å². The maximum absolute atomic E-state index is 9.51. The van der Waals surface area contributed by atoms with E-state index in [1.165, 1.54) is 6.07 Å². The number of rotatable bonds is 7. The third-order valence-electron chi connectivity index (χ3n) is 8.83. The second-order valence-corrected chi connectivity index (χ2v) is 11.8. The average Bonchev–Trinajstić information content (AvgIpc) is 3.64. The van der Waals surface area contributed by atoms with Crippen LogP contribution in [0.2, 0.25) is 0 Å². The fourth-order valence-electron chi connectivity index (χ4n) is 6.39. The molecule has 2 nitrogen and oxygen atoms in total. The van der Waals surface area contributed by atoms with Gasteiger partial charge in [-0.25, -0.2) is 0 Å². The number of nitrogens with zero attached hydrogens (tertiary/aromatic N) is 2. The zero-order valence-corrected chi connectivity index (χ0v) is 26.8. The van der Waals surface area contributed by atoms with E-state index in [1.54, 1.807) is 39.8 Å². The summed E-state index contributed by atoms with van der Waals surface area (Å²) in [5, 5.41) is 0.335. The van der Waals surface area contributed by atoms with Gasteiger partial charge in [0.25, 0.3) is 0 Å². The number of para-hydroxylation sites is 2. The van der Waals surface area contributed by atoms with Crippen molar-refractivity contribution in [2.45, 2.75) is 0 Å². The van der Waals surface area contributed by atoms with Gasteiger partial charge >= 0.3 is 0 Å². The molecule has 1 aromatic heterocycles. The lowest BCUT2D eigenvalue weighted by molar-refractivity contribution is 1.18. The summed E-state index contributed by atoms with van der Waals surface area (Å²) < 4.78 is 92.9. The number of hydrogen-bond acceptors (Lipinski definition) is 1. The first-order valence-corrected chi connectivity index (χ1v) is 16.3. The van der Waals surface area contributed by atoms with Crippen molar-refractivity contribution in [3.63, 3.8) is 0 Å². The minimum Gasteiger partial charge on any atom is -0.311 e. The van der Waals surface area contributed by atoms with E-state index in [-0.39, 0.29) is 74.9 Å². The summed E-state index contributed by atoms with van der Waals surface area (Å²) in [6.07, 6.45) is 0. The minimum absolute atomic E-state index is 0.0119. The molecule has 0 aliphatic rings. The topological polar surface area (TPSA) is 8.17 Å². The third kappa shape index (κ3) is 5.43. The maximum Gasteiger partial charge on any atom is 0.0645 e. The molecular formula is C48H34N2. The highest BCUT2D eigenvalue weighted by atomic mass is 15.1. The Labute approximate surface area is 306 Å². The standard InChI is InChI=1S/C48H34N2/c1-4-12-35(13-5-1)37-20-27-42(28-21-37)49(43-29-22-38(23-30-43)36-14-6-2-7-15-36)44-31-24-39(25-32-44)40-26-33-48-46(34-40)45-18-10-11-19-47(45)50(48)41-16-8-3-9-17-41/h1-34H/i10D,11D,18D,19D,24D,25D,26D,31D,32D,33D. The average molecular weight is 649 g/mol. The van der Waals surface area contributed by atoms with Crippen molar-refractivity contribution in [2.24, 2.45) is 0 Å². The summed E-state index contributed by atoms with van der Waals surface area (Å²) in [4.78, 5) is 1.69. The van der Waals surface area contributed by atoms with Crippen molar-refractivity contribution in [1.82, 2.24) is 4.57 Å². The first-order chi connectivity index (χ1) is 29.0. The Balaban J connectivity index is 1.27. The quantitative estimate of drug-likeness (QED) is 0.167. The smallest absolute Gasteiger partial charge is 0.0645 e. The van der Waals surface area contributed by atoms with Gasteiger partial charge in [-0.2, -0.15) is 0 Å². The molecule has 9 rings (SSSR count). The van der Waals surface area contributed by atoms with Crippen LogP contribution in [0.5, 0.6) is 0 Å². The van der Waals surface area contributed by atoms with E-state index in [9.17, 15) is 8.22 Å². The Kier molecular flexibility index (Phi) is 5.27. The molecule has 9 aromatic rings. The first kappa shape index (κ1) is 20.7. The van der Waals surface area contributed by atoms with E-state index < -0.39 is 24.2 Å². The van der Waals surface area contributed by atoms with Crippen molar-refractivity contribution < 1.29 is 13.7 Å². The van der Waals surface area contributed by atoms with E-state index >= 15 is 0 Å². The van der Waals surface area contributed by atoms with Crippen LogP contribution in [-0.2, 0) is 0 Å². The molecule has 8 aromatic carbocycles. The summed E-state index contributed by atoms with van der Waals surface area (Å²) in [6.45, 7) is 0. The van der Waals surface area contributed by atoms with Crippen LogP contribution in [-0.4, -0.2) is 4.57 Å². The molecule has 50 heavy (non-hydrogen) atoms. The third-order valence-corrected chi connectivity index (χ3v) is 8.83. The Morgan fingerprint density at radius 1 is 0.360 bits per heavy atom. The minimum atomic E-state index is -0.468. The fourth-order valence-corrected chi connectivity index (χ4v) is 6.39. The lowest BCUT2D eigenvalue weighted by Crippen LogP contribution is -2.09. The predicted octanol–water partition coefficient (Wildman–Crippen LogP) is 13.3. The monoisotopic (exact) mass is 648 g/mol. The molecule has 1 heterocycles.